The van der Waals surface area contributed by atoms with E-state index in [-0.39, 0.29) is 18.4 Å². The smallest absolute Gasteiger partial charge is 0.267 e. The molecule has 1 N–H and O–H groups in total. The summed E-state index contributed by atoms with van der Waals surface area (Å²) in [4.78, 5) is 26.2. The van der Waals surface area contributed by atoms with Crippen LogP contribution in [-0.2, 0) is 9.59 Å². The van der Waals surface area contributed by atoms with Crippen LogP contribution in [0.2, 0.25) is 0 Å². The summed E-state index contributed by atoms with van der Waals surface area (Å²) in [6, 6.07) is 12.2. The van der Waals surface area contributed by atoms with Crippen LogP contribution in [0.3, 0.4) is 0 Å². The van der Waals surface area contributed by atoms with Crippen LogP contribution in [-0.4, -0.2) is 38.7 Å². The number of para-hydroxylation sites is 2. The molecule has 7 heteroatoms. The Bertz CT molecular complexity index is 836. The van der Waals surface area contributed by atoms with Crippen molar-refractivity contribution in [1.82, 2.24) is 0 Å². The minimum Gasteiger partial charge on any atom is -0.497 e. The lowest BCUT2D eigenvalue weighted by Gasteiger charge is -2.33. The lowest BCUT2D eigenvalue weighted by Crippen LogP contribution is -2.48. The zero-order chi connectivity index (χ0) is 18.7. The molecule has 0 saturated carbocycles. The van der Waals surface area contributed by atoms with Crippen LogP contribution in [0.4, 0.5) is 11.4 Å². The van der Waals surface area contributed by atoms with E-state index in [0.717, 1.165) is 0 Å². The van der Waals surface area contributed by atoms with E-state index in [1.807, 2.05) is 6.07 Å². The molecular formula is C19H20N2O5. The lowest BCUT2D eigenvalue weighted by atomic mass is 10.1. The predicted octanol–water partition coefficient (Wildman–Crippen LogP) is 2.46. The van der Waals surface area contributed by atoms with Gasteiger partial charge in [-0.05, 0) is 24.3 Å². The van der Waals surface area contributed by atoms with E-state index in [0.29, 0.717) is 28.6 Å². The second kappa shape index (κ2) is 7.35. The minimum absolute atomic E-state index is 0.136. The summed E-state index contributed by atoms with van der Waals surface area (Å²) in [6.07, 6.45) is -0.833. The number of hydrogen-bond acceptors (Lipinski definition) is 5. The van der Waals surface area contributed by atoms with Crippen LogP contribution < -0.4 is 24.4 Å². The third-order valence-electron chi connectivity index (χ3n) is 4.11. The van der Waals surface area contributed by atoms with Crippen molar-refractivity contribution < 1.29 is 23.8 Å². The fraction of sp³-hybridized carbons (Fsp3) is 0.263. The van der Waals surface area contributed by atoms with Crippen molar-refractivity contribution in [3.8, 4) is 17.2 Å². The number of fused-ring (bicyclic) bond motifs is 1. The van der Waals surface area contributed by atoms with E-state index < -0.39 is 6.10 Å². The molecule has 0 bridgehead atoms. The lowest BCUT2D eigenvalue weighted by molar-refractivity contribution is -0.123. The average molecular weight is 356 g/mol. The first-order valence-corrected chi connectivity index (χ1v) is 8.10. The molecule has 0 saturated heterocycles. The Morgan fingerprint density at radius 3 is 2.62 bits per heavy atom. The zero-order valence-corrected chi connectivity index (χ0v) is 14.8. The first-order chi connectivity index (χ1) is 12.5. The predicted molar refractivity (Wildman–Crippen MR) is 97.1 cm³/mol. The normalized spacial score (nSPS) is 15.5. The van der Waals surface area contributed by atoms with Gasteiger partial charge in [0.25, 0.3) is 5.91 Å². The quantitative estimate of drug-likeness (QED) is 0.911. The molecule has 3 rings (SSSR count). The molecule has 7 nitrogen and oxygen atoms in total. The summed E-state index contributed by atoms with van der Waals surface area (Å²) in [5.74, 6) is 1.06. The maximum Gasteiger partial charge on any atom is 0.267 e. The largest absolute Gasteiger partial charge is 0.497 e. The van der Waals surface area contributed by atoms with Crippen molar-refractivity contribution in [2.75, 3.05) is 31.0 Å². The van der Waals surface area contributed by atoms with Gasteiger partial charge in [0.2, 0.25) is 5.91 Å². The number of carbonyl (C=O) groups excluding carboxylic acids is 2. The number of nitrogens with zero attached hydrogens (tertiary/aromatic N) is 1. The second-order valence-electron chi connectivity index (χ2n) is 5.76. The van der Waals surface area contributed by atoms with Crippen LogP contribution in [0.5, 0.6) is 17.2 Å². The van der Waals surface area contributed by atoms with E-state index in [4.69, 9.17) is 14.2 Å². The molecule has 2 aromatic carbocycles. The van der Waals surface area contributed by atoms with Gasteiger partial charge in [-0.25, -0.2) is 0 Å². The van der Waals surface area contributed by atoms with E-state index >= 15 is 0 Å². The number of nitrogens with one attached hydrogen (secondary N) is 1. The SMILES string of the molecule is COc1ccc(NC(=O)[C@H]2CN(C(C)=O)c3ccccc3O2)c(OC)c1. The van der Waals surface area contributed by atoms with E-state index in [2.05, 4.69) is 5.32 Å². The van der Waals surface area contributed by atoms with E-state index in [1.165, 1.54) is 18.9 Å². The van der Waals surface area contributed by atoms with E-state index in [1.54, 1.807) is 43.5 Å². The fourth-order valence-corrected chi connectivity index (χ4v) is 2.78. The Kier molecular flexibility index (Phi) is 4.97. The van der Waals surface area contributed by atoms with Crippen LogP contribution >= 0.6 is 0 Å². The van der Waals surface area contributed by atoms with Crippen molar-refractivity contribution >= 4 is 23.2 Å². The van der Waals surface area contributed by atoms with Gasteiger partial charge in [-0.3, -0.25) is 9.59 Å². The number of carbonyl (C=O) groups is 2. The highest BCUT2D eigenvalue weighted by atomic mass is 16.5. The molecule has 2 amide bonds. The summed E-state index contributed by atoms with van der Waals surface area (Å²) in [5, 5.41) is 2.79. The molecule has 2 aromatic rings. The molecule has 0 aromatic heterocycles. The van der Waals surface area contributed by atoms with Gasteiger partial charge in [-0.15, -0.1) is 0 Å². The molecule has 1 aliphatic heterocycles. The van der Waals surface area contributed by atoms with Crippen molar-refractivity contribution in [2.24, 2.45) is 0 Å². The van der Waals surface area contributed by atoms with Crippen molar-refractivity contribution in [1.29, 1.82) is 0 Å². The summed E-state index contributed by atoms with van der Waals surface area (Å²) in [7, 11) is 3.06. The molecule has 1 aliphatic rings. The summed E-state index contributed by atoms with van der Waals surface area (Å²) in [6.45, 7) is 1.60. The first kappa shape index (κ1) is 17.6. The molecule has 0 unspecified atom stereocenters. The van der Waals surface area contributed by atoms with Gasteiger partial charge >= 0.3 is 0 Å². The first-order valence-electron chi connectivity index (χ1n) is 8.10. The van der Waals surface area contributed by atoms with Gasteiger partial charge in [0.1, 0.15) is 17.2 Å². The zero-order valence-electron chi connectivity index (χ0n) is 14.8. The van der Waals surface area contributed by atoms with Gasteiger partial charge in [0.15, 0.2) is 6.10 Å². The topological polar surface area (TPSA) is 77.1 Å². The Balaban J connectivity index is 1.82. The van der Waals surface area contributed by atoms with Crippen LogP contribution in [0.25, 0.3) is 0 Å². The molecular weight excluding hydrogens is 336 g/mol. The highest BCUT2D eigenvalue weighted by Crippen LogP contribution is 2.34. The highest BCUT2D eigenvalue weighted by molar-refractivity contribution is 6.00. The molecule has 1 heterocycles. The number of benzene rings is 2. The standard InChI is InChI=1S/C19H20N2O5/c1-12(22)21-11-18(26-16-7-5-4-6-15(16)21)19(23)20-14-9-8-13(24-2)10-17(14)25-3/h4-10,18H,11H2,1-3H3,(H,20,23)/t18-/m1/s1. The minimum atomic E-state index is -0.833. The van der Waals surface area contributed by atoms with Gasteiger partial charge in [0.05, 0.1) is 32.1 Å². The van der Waals surface area contributed by atoms with E-state index in [9.17, 15) is 9.59 Å². The Morgan fingerprint density at radius 2 is 1.92 bits per heavy atom. The molecule has 0 radical (unpaired) electrons. The highest BCUT2D eigenvalue weighted by Gasteiger charge is 2.32. The van der Waals surface area contributed by atoms with Crippen molar-refractivity contribution in [3.63, 3.8) is 0 Å². The average Bonchev–Trinajstić information content (AvgIpc) is 2.67. The maximum absolute atomic E-state index is 12.7. The van der Waals surface area contributed by atoms with Crippen LogP contribution in [0.1, 0.15) is 6.92 Å². The van der Waals surface area contributed by atoms with Gasteiger partial charge in [0, 0.05) is 13.0 Å². The number of methoxy groups -OCH3 is 2. The number of ether oxygens (including phenoxy) is 3. The summed E-state index contributed by atoms with van der Waals surface area (Å²) in [5.41, 5.74) is 1.15. The number of hydrogen-bond donors (Lipinski definition) is 1. The Morgan fingerprint density at radius 1 is 1.15 bits per heavy atom. The molecule has 0 aliphatic carbocycles. The third-order valence-corrected chi connectivity index (χ3v) is 4.11. The third kappa shape index (κ3) is 3.42. The monoisotopic (exact) mass is 356 g/mol. The van der Waals surface area contributed by atoms with Gasteiger partial charge in [-0.1, -0.05) is 12.1 Å². The second-order valence-corrected chi connectivity index (χ2v) is 5.76. The number of anilines is 2. The molecule has 1 atom stereocenters. The van der Waals surface area contributed by atoms with Gasteiger partial charge < -0.3 is 24.4 Å². The Hall–Kier alpha value is -3.22. The van der Waals surface area contributed by atoms with Gasteiger partial charge in [-0.2, -0.15) is 0 Å². The molecule has 26 heavy (non-hydrogen) atoms. The van der Waals surface area contributed by atoms with Crippen LogP contribution in [0.15, 0.2) is 42.5 Å². The molecule has 0 fully saturated rings. The van der Waals surface area contributed by atoms with Crippen LogP contribution in [0, 0.1) is 0 Å². The number of rotatable bonds is 4. The molecule has 136 valence electrons. The fourth-order valence-electron chi connectivity index (χ4n) is 2.78. The summed E-state index contributed by atoms with van der Waals surface area (Å²) < 4.78 is 16.2. The number of amides is 2. The summed E-state index contributed by atoms with van der Waals surface area (Å²) >= 11 is 0. The Labute approximate surface area is 151 Å². The van der Waals surface area contributed by atoms with Crippen molar-refractivity contribution in [2.45, 2.75) is 13.0 Å². The van der Waals surface area contributed by atoms with Crippen molar-refractivity contribution in [3.05, 3.63) is 42.5 Å². The maximum atomic E-state index is 12.7. The molecule has 0 spiro atoms.